The van der Waals surface area contributed by atoms with Gasteiger partial charge in [-0.15, -0.1) is 0 Å². The van der Waals surface area contributed by atoms with Crippen molar-refractivity contribution in [1.29, 1.82) is 0 Å². The number of carbonyl (C=O) groups is 1. The van der Waals surface area contributed by atoms with Gasteiger partial charge in [-0.1, -0.05) is 12.7 Å². The first-order chi connectivity index (χ1) is 9.02. The van der Waals surface area contributed by atoms with E-state index in [1.807, 2.05) is 17.5 Å². The molecule has 100 valence electrons. The first kappa shape index (κ1) is 13.1. The summed E-state index contributed by atoms with van der Waals surface area (Å²) >= 11 is 0. The van der Waals surface area contributed by atoms with Crippen molar-refractivity contribution in [3.63, 3.8) is 0 Å². The number of carbonyl (C=O) groups excluding carboxylic acids is 1. The van der Waals surface area contributed by atoms with Crippen LogP contribution in [0.3, 0.4) is 0 Å². The average Bonchev–Trinajstić information content (AvgIpc) is 2.74. The molecule has 0 aliphatic carbocycles. The number of hydrogen-bond donors (Lipinski definition) is 0. The molecule has 0 aliphatic rings. The van der Waals surface area contributed by atoms with E-state index >= 15 is 0 Å². The first-order valence-corrected chi connectivity index (χ1v) is 5.97. The number of imidazole rings is 1. The van der Waals surface area contributed by atoms with Crippen LogP contribution >= 0.6 is 0 Å². The van der Waals surface area contributed by atoms with Gasteiger partial charge < -0.3 is 14.0 Å². The standard InChI is InChI=1S/C14H17N3O2/c1-5-6-19-12-7-11(14(18)16(3)4)9-17-8-10(2)15-13(12)17/h5,7-9H,1,6H2,2-4H3. The monoisotopic (exact) mass is 259 g/mol. The Morgan fingerprint density at radius 2 is 2.26 bits per heavy atom. The number of nitrogens with zero attached hydrogens (tertiary/aromatic N) is 3. The molecule has 0 aliphatic heterocycles. The van der Waals surface area contributed by atoms with Gasteiger partial charge in [0.25, 0.3) is 5.91 Å². The average molecular weight is 259 g/mol. The molecule has 0 bridgehead atoms. The van der Waals surface area contributed by atoms with Crippen molar-refractivity contribution >= 4 is 11.6 Å². The van der Waals surface area contributed by atoms with Crippen LogP contribution < -0.4 is 4.74 Å². The molecule has 0 unspecified atom stereocenters. The highest BCUT2D eigenvalue weighted by molar-refractivity contribution is 5.94. The van der Waals surface area contributed by atoms with Crippen LogP contribution in [-0.4, -0.2) is 40.9 Å². The van der Waals surface area contributed by atoms with Crippen molar-refractivity contribution < 1.29 is 9.53 Å². The highest BCUT2D eigenvalue weighted by Crippen LogP contribution is 2.22. The Morgan fingerprint density at radius 1 is 1.53 bits per heavy atom. The van der Waals surface area contributed by atoms with Crippen molar-refractivity contribution in [2.45, 2.75) is 6.92 Å². The Balaban J connectivity index is 2.55. The third-order valence-corrected chi connectivity index (χ3v) is 2.65. The van der Waals surface area contributed by atoms with Gasteiger partial charge >= 0.3 is 0 Å². The Hall–Kier alpha value is -2.30. The second-order valence-corrected chi connectivity index (χ2v) is 4.51. The van der Waals surface area contributed by atoms with Crippen LogP contribution in [0.15, 0.2) is 31.1 Å². The molecule has 2 aromatic rings. The molecule has 0 fully saturated rings. The predicted octanol–water partition coefficient (Wildman–Crippen LogP) is 1.91. The summed E-state index contributed by atoms with van der Waals surface area (Å²) in [4.78, 5) is 18.0. The first-order valence-electron chi connectivity index (χ1n) is 5.97. The maximum Gasteiger partial charge on any atom is 0.254 e. The molecule has 0 atom stereocenters. The minimum Gasteiger partial charge on any atom is -0.486 e. The van der Waals surface area contributed by atoms with Gasteiger partial charge in [-0.25, -0.2) is 4.98 Å². The molecule has 2 aromatic heterocycles. The summed E-state index contributed by atoms with van der Waals surface area (Å²) in [5.41, 5.74) is 2.14. The summed E-state index contributed by atoms with van der Waals surface area (Å²) in [7, 11) is 3.44. The Morgan fingerprint density at radius 3 is 2.89 bits per heavy atom. The number of aromatic nitrogens is 2. The summed E-state index contributed by atoms with van der Waals surface area (Å²) in [6.45, 7) is 5.90. The molecule has 0 N–H and O–H groups in total. The Labute approximate surface area is 112 Å². The van der Waals surface area contributed by atoms with Gasteiger partial charge in [0, 0.05) is 26.5 Å². The molecule has 5 nitrogen and oxygen atoms in total. The second-order valence-electron chi connectivity index (χ2n) is 4.51. The summed E-state index contributed by atoms with van der Waals surface area (Å²) in [6.07, 6.45) is 5.29. The van der Waals surface area contributed by atoms with Crippen molar-refractivity contribution in [1.82, 2.24) is 14.3 Å². The fourth-order valence-electron chi connectivity index (χ4n) is 1.82. The van der Waals surface area contributed by atoms with Crippen LogP contribution in [-0.2, 0) is 0 Å². The minimum absolute atomic E-state index is 0.0725. The van der Waals surface area contributed by atoms with E-state index in [1.165, 1.54) is 4.90 Å². The van der Waals surface area contributed by atoms with Crippen LogP contribution in [0.25, 0.3) is 5.65 Å². The van der Waals surface area contributed by atoms with E-state index in [9.17, 15) is 4.79 Å². The molecular weight excluding hydrogens is 242 g/mol. The van der Waals surface area contributed by atoms with Gasteiger partial charge in [-0.2, -0.15) is 0 Å². The van der Waals surface area contributed by atoms with Crippen molar-refractivity contribution in [2.24, 2.45) is 0 Å². The summed E-state index contributed by atoms with van der Waals surface area (Å²) < 4.78 is 7.39. The molecule has 2 heterocycles. The zero-order valence-electron chi connectivity index (χ0n) is 11.4. The third kappa shape index (κ3) is 2.59. The fourth-order valence-corrected chi connectivity index (χ4v) is 1.82. The summed E-state index contributed by atoms with van der Waals surface area (Å²) in [6, 6.07) is 1.72. The lowest BCUT2D eigenvalue weighted by Gasteiger charge is -2.12. The van der Waals surface area contributed by atoms with Crippen molar-refractivity contribution in [2.75, 3.05) is 20.7 Å². The van der Waals surface area contributed by atoms with Crippen LogP contribution in [0.4, 0.5) is 0 Å². The molecule has 0 aromatic carbocycles. The maximum atomic E-state index is 12.0. The van der Waals surface area contributed by atoms with Gasteiger partial charge in [0.2, 0.25) is 0 Å². The van der Waals surface area contributed by atoms with E-state index in [0.717, 1.165) is 5.69 Å². The van der Waals surface area contributed by atoms with Gasteiger partial charge in [0.05, 0.1) is 11.3 Å². The van der Waals surface area contributed by atoms with E-state index in [-0.39, 0.29) is 5.91 Å². The van der Waals surface area contributed by atoms with Crippen molar-refractivity contribution in [3.8, 4) is 5.75 Å². The molecule has 0 saturated heterocycles. The molecular formula is C14H17N3O2. The van der Waals surface area contributed by atoms with Crippen LogP contribution in [0.1, 0.15) is 16.1 Å². The molecule has 1 amide bonds. The van der Waals surface area contributed by atoms with Gasteiger partial charge in [-0.05, 0) is 13.0 Å². The lowest BCUT2D eigenvalue weighted by atomic mass is 10.2. The van der Waals surface area contributed by atoms with E-state index in [0.29, 0.717) is 23.6 Å². The highest BCUT2D eigenvalue weighted by Gasteiger charge is 2.14. The lowest BCUT2D eigenvalue weighted by Crippen LogP contribution is -2.22. The number of ether oxygens (including phenoxy) is 1. The zero-order valence-corrected chi connectivity index (χ0v) is 11.4. The molecule has 2 rings (SSSR count). The van der Waals surface area contributed by atoms with Gasteiger partial charge in [0.1, 0.15) is 6.61 Å². The zero-order chi connectivity index (χ0) is 14.0. The van der Waals surface area contributed by atoms with Crippen LogP contribution in [0, 0.1) is 6.92 Å². The number of fused-ring (bicyclic) bond motifs is 1. The molecule has 0 spiro atoms. The second kappa shape index (κ2) is 5.14. The molecule has 0 saturated carbocycles. The predicted molar refractivity (Wildman–Crippen MR) is 73.6 cm³/mol. The SMILES string of the molecule is C=CCOc1cc(C(=O)N(C)C)cn2cc(C)nc12. The largest absolute Gasteiger partial charge is 0.486 e. The quantitative estimate of drug-likeness (QED) is 0.788. The van der Waals surface area contributed by atoms with Gasteiger partial charge in [0.15, 0.2) is 11.4 Å². The number of rotatable bonds is 4. The molecule has 19 heavy (non-hydrogen) atoms. The summed E-state index contributed by atoms with van der Waals surface area (Å²) in [5.74, 6) is 0.511. The highest BCUT2D eigenvalue weighted by atomic mass is 16.5. The number of amides is 1. The number of pyridine rings is 1. The Kier molecular flexibility index (Phi) is 3.55. The minimum atomic E-state index is -0.0725. The van der Waals surface area contributed by atoms with E-state index in [2.05, 4.69) is 11.6 Å². The number of aryl methyl sites for hydroxylation is 1. The maximum absolute atomic E-state index is 12.0. The summed E-state index contributed by atoms with van der Waals surface area (Å²) in [5, 5.41) is 0. The van der Waals surface area contributed by atoms with Crippen LogP contribution in [0.5, 0.6) is 5.75 Å². The topological polar surface area (TPSA) is 46.8 Å². The van der Waals surface area contributed by atoms with Gasteiger partial charge in [-0.3, -0.25) is 4.79 Å². The van der Waals surface area contributed by atoms with E-state index < -0.39 is 0 Å². The fraction of sp³-hybridized carbons (Fsp3) is 0.286. The third-order valence-electron chi connectivity index (χ3n) is 2.65. The van der Waals surface area contributed by atoms with E-state index in [4.69, 9.17) is 4.74 Å². The normalized spacial score (nSPS) is 10.5. The molecule has 5 heteroatoms. The van der Waals surface area contributed by atoms with E-state index in [1.54, 1.807) is 32.4 Å². The van der Waals surface area contributed by atoms with Crippen molar-refractivity contribution in [3.05, 3.63) is 42.4 Å². The Bertz CT molecular complexity index is 629. The van der Waals surface area contributed by atoms with Crippen LogP contribution in [0.2, 0.25) is 0 Å². The molecule has 0 radical (unpaired) electrons. The number of hydrogen-bond acceptors (Lipinski definition) is 3. The smallest absolute Gasteiger partial charge is 0.254 e. The lowest BCUT2D eigenvalue weighted by molar-refractivity contribution is 0.0826.